The molecule has 0 unspecified atom stereocenters. The molecule has 1 saturated carbocycles. The SMILES string of the molecule is CCCN[C@]1(c2ccccc2)CCCCC1=O. The van der Waals surface area contributed by atoms with Crippen LogP contribution in [-0.4, -0.2) is 12.3 Å². The average Bonchev–Trinajstić information content (AvgIpc) is 2.39. The molecule has 1 N–H and O–H groups in total. The number of benzene rings is 1. The lowest BCUT2D eigenvalue weighted by Crippen LogP contribution is -2.51. The number of carbonyl (C=O) groups excluding carboxylic acids is 1. The lowest BCUT2D eigenvalue weighted by Gasteiger charge is -2.37. The van der Waals surface area contributed by atoms with Crippen LogP contribution in [0.4, 0.5) is 0 Å². The zero-order chi connectivity index (χ0) is 12.1. The highest BCUT2D eigenvalue weighted by molar-refractivity contribution is 5.90. The summed E-state index contributed by atoms with van der Waals surface area (Å²) in [6.45, 7) is 3.04. The topological polar surface area (TPSA) is 29.1 Å². The van der Waals surface area contributed by atoms with Gasteiger partial charge in [0.05, 0.1) is 0 Å². The molecule has 1 aromatic carbocycles. The minimum atomic E-state index is -0.407. The first-order chi connectivity index (χ1) is 8.29. The van der Waals surface area contributed by atoms with Crippen LogP contribution >= 0.6 is 0 Å². The van der Waals surface area contributed by atoms with Crippen LogP contribution in [0.1, 0.15) is 44.6 Å². The largest absolute Gasteiger partial charge is 0.301 e. The van der Waals surface area contributed by atoms with Crippen LogP contribution in [0.2, 0.25) is 0 Å². The van der Waals surface area contributed by atoms with Crippen molar-refractivity contribution in [1.82, 2.24) is 5.32 Å². The summed E-state index contributed by atoms with van der Waals surface area (Å²) < 4.78 is 0. The van der Waals surface area contributed by atoms with Crippen LogP contribution < -0.4 is 5.32 Å². The summed E-state index contributed by atoms with van der Waals surface area (Å²) in [5, 5.41) is 3.50. The van der Waals surface area contributed by atoms with Crippen LogP contribution in [0, 0.1) is 0 Å². The number of ketones is 1. The van der Waals surface area contributed by atoms with Gasteiger partial charge in [-0.15, -0.1) is 0 Å². The predicted molar refractivity (Wildman–Crippen MR) is 69.9 cm³/mol. The maximum atomic E-state index is 12.4. The summed E-state index contributed by atoms with van der Waals surface area (Å²) in [6, 6.07) is 10.2. The highest BCUT2D eigenvalue weighted by Gasteiger charge is 2.40. The number of hydrogen-bond acceptors (Lipinski definition) is 2. The van der Waals surface area contributed by atoms with Crippen molar-refractivity contribution in [1.29, 1.82) is 0 Å². The van der Waals surface area contributed by atoms with Crippen LogP contribution in [-0.2, 0) is 10.3 Å². The minimum absolute atomic E-state index is 0.364. The first-order valence-corrected chi connectivity index (χ1v) is 6.63. The van der Waals surface area contributed by atoms with E-state index in [1.54, 1.807) is 0 Å². The molecule has 2 nitrogen and oxygen atoms in total. The number of Topliss-reactive ketones (excluding diaryl/α,β-unsaturated/α-hetero) is 1. The molecular formula is C15H21NO. The van der Waals surface area contributed by atoms with Crippen LogP contribution in [0.3, 0.4) is 0 Å². The van der Waals surface area contributed by atoms with Gasteiger partial charge in [0, 0.05) is 6.42 Å². The van der Waals surface area contributed by atoms with Gasteiger partial charge in [0.1, 0.15) is 5.54 Å². The van der Waals surface area contributed by atoms with Crippen molar-refractivity contribution in [2.75, 3.05) is 6.54 Å². The third-order valence-corrected chi connectivity index (χ3v) is 3.62. The summed E-state index contributed by atoms with van der Waals surface area (Å²) in [5.74, 6) is 0.364. The molecule has 0 saturated heterocycles. The van der Waals surface area contributed by atoms with Gasteiger partial charge in [-0.3, -0.25) is 4.79 Å². The maximum Gasteiger partial charge on any atom is 0.157 e. The number of nitrogens with one attached hydrogen (secondary N) is 1. The molecule has 0 aromatic heterocycles. The molecule has 17 heavy (non-hydrogen) atoms. The van der Waals surface area contributed by atoms with E-state index in [1.165, 1.54) is 0 Å². The number of hydrogen-bond donors (Lipinski definition) is 1. The fourth-order valence-electron chi connectivity index (χ4n) is 2.68. The van der Waals surface area contributed by atoms with Gasteiger partial charge in [-0.25, -0.2) is 0 Å². The zero-order valence-corrected chi connectivity index (χ0v) is 10.5. The Morgan fingerprint density at radius 3 is 2.65 bits per heavy atom. The highest BCUT2D eigenvalue weighted by atomic mass is 16.1. The second-order valence-electron chi connectivity index (χ2n) is 4.83. The second kappa shape index (κ2) is 5.46. The van der Waals surface area contributed by atoms with Gasteiger partial charge >= 0.3 is 0 Å². The van der Waals surface area contributed by atoms with E-state index in [0.717, 1.165) is 37.8 Å². The molecule has 92 valence electrons. The lowest BCUT2D eigenvalue weighted by molar-refractivity contribution is -0.128. The van der Waals surface area contributed by atoms with Gasteiger partial charge in [0.15, 0.2) is 5.78 Å². The van der Waals surface area contributed by atoms with E-state index < -0.39 is 5.54 Å². The van der Waals surface area contributed by atoms with Crippen molar-refractivity contribution in [3.63, 3.8) is 0 Å². The molecule has 0 amide bonds. The van der Waals surface area contributed by atoms with E-state index in [4.69, 9.17) is 0 Å². The molecular weight excluding hydrogens is 210 g/mol. The van der Waals surface area contributed by atoms with Gasteiger partial charge in [-0.2, -0.15) is 0 Å². The molecule has 1 aromatic rings. The smallest absolute Gasteiger partial charge is 0.157 e. The molecule has 0 heterocycles. The number of rotatable bonds is 4. The van der Waals surface area contributed by atoms with E-state index in [9.17, 15) is 4.79 Å². The van der Waals surface area contributed by atoms with E-state index in [0.29, 0.717) is 12.2 Å². The molecule has 0 radical (unpaired) electrons. The summed E-state index contributed by atoms with van der Waals surface area (Å²) in [5.41, 5.74) is 0.730. The third-order valence-electron chi connectivity index (χ3n) is 3.62. The summed E-state index contributed by atoms with van der Waals surface area (Å²) >= 11 is 0. The van der Waals surface area contributed by atoms with Gasteiger partial charge in [-0.05, 0) is 31.4 Å². The van der Waals surface area contributed by atoms with Gasteiger partial charge in [0.25, 0.3) is 0 Å². The Bertz CT molecular complexity index is 374. The fourth-order valence-corrected chi connectivity index (χ4v) is 2.68. The van der Waals surface area contributed by atoms with Crippen molar-refractivity contribution in [3.05, 3.63) is 35.9 Å². The Hall–Kier alpha value is -1.15. The van der Waals surface area contributed by atoms with E-state index in [1.807, 2.05) is 18.2 Å². The summed E-state index contributed by atoms with van der Waals surface area (Å²) in [4.78, 5) is 12.4. The Labute approximate surface area is 103 Å². The average molecular weight is 231 g/mol. The van der Waals surface area contributed by atoms with Crippen LogP contribution in [0.25, 0.3) is 0 Å². The molecule has 1 aliphatic carbocycles. The quantitative estimate of drug-likeness (QED) is 0.863. The maximum absolute atomic E-state index is 12.4. The van der Waals surface area contributed by atoms with Gasteiger partial charge < -0.3 is 5.32 Å². The second-order valence-corrected chi connectivity index (χ2v) is 4.83. The predicted octanol–water partition coefficient (Wildman–Crippen LogP) is 3.02. The Morgan fingerprint density at radius 1 is 1.24 bits per heavy atom. The van der Waals surface area contributed by atoms with Crippen molar-refractivity contribution < 1.29 is 4.79 Å². The molecule has 0 aliphatic heterocycles. The third kappa shape index (κ3) is 2.42. The van der Waals surface area contributed by atoms with Crippen molar-refractivity contribution in [2.45, 2.75) is 44.6 Å². The van der Waals surface area contributed by atoms with Crippen LogP contribution in [0.5, 0.6) is 0 Å². The minimum Gasteiger partial charge on any atom is -0.301 e. The molecule has 0 bridgehead atoms. The standard InChI is InChI=1S/C15H21NO/c1-2-12-16-15(11-7-6-10-14(15)17)13-8-4-3-5-9-13/h3-5,8-9,16H,2,6-7,10-12H2,1H3/t15-/m0/s1. The lowest BCUT2D eigenvalue weighted by atomic mass is 9.75. The Balaban J connectivity index is 2.32. The Morgan fingerprint density at radius 2 is 2.00 bits per heavy atom. The van der Waals surface area contributed by atoms with Crippen molar-refractivity contribution in [3.8, 4) is 0 Å². The first-order valence-electron chi connectivity index (χ1n) is 6.63. The Kier molecular flexibility index (Phi) is 3.95. The fraction of sp³-hybridized carbons (Fsp3) is 0.533. The first kappa shape index (κ1) is 12.3. The summed E-state index contributed by atoms with van der Waals surface area (Å²) in [7, 11) is 0. The van der Waals surface area contributed by atoms with Gasteiger partial charge in [-0.1, -0.05) is 43.7 Å². The molecule has 2 heteroatoms. The normalized spacial score (nSPS) is 24.9. The van der Waals surface area contributed by atoms with Crippen molar-refractivity contribution >= 4 is 5.78 Å². The monoisotopic (exact) mass is 231 g/mol. The molecule has 1 fully saturated rings. The van der Waals surface area contributed by atoms with Crippen molar-refractivity contribution in [2.24, 2.45) is 0 Å². The molecule has 0 spiro atoms. The molecule has 1 atom stereocenters. The molecule has 1 aliphatic rings. The van der Waals surface area contributed by atoms with E-state index in [2.05, 4.69) is 24.4 Å². The van der Waals surface area contributed by atoms with Gasteiger partial charge in [0.2, 0.25) is 0 Å². The molecule has 2 rings (SSSR count). The number of carbonyl (C=O) groups is 1. The van der Waals surface area contributed by atoms with E-state index in [-0.39, 0.29) is 0 Å². The summed E-state index contributed by atoms with van der Waals surface area (Å²) in [6.07, 6.45) is 4.89. The highest BCUT2D eigenvalue weighted by Crippen LogP contribution is 2.34. The van der Waals surface area contributed by atoms with Crippen LogP contribution in [0.15, 0.2) is 30.3 Å². The van der Waals surface area contributed by atoms with E-state index >= 15 is 0 Å². The zero-order valence-electron chi connectivity index (χ0n) is 10.5.